The van der Waals surface area contributed by atoms with E-state index in [0.29, 0.717) is 24.2 Å². The summed E-state index contributed by atoms with van der Waals surface area (Å²) in [7, 11) is 0. The van der Waals surface area contributed by atoms with Crippen molar-refractivity contribution in [2.24, 2.45) is 0 Å². The Labute approximate surface area is 129 Å². The molecule has 22 heavy (non-hydrogen) atoms. The zero-order chi connectivity index (χ0) is 15.6. The Hall–Kier alpha value is -2.49. The molecule has 0 bridgehead atoms. The lowest BCUT2D eigenvalue weighted by Crippen LogP contribution is -2.33. The lowest BCUT2D eigenvalue weighted by atomic mass is 9.83. The first-order valence-electron chi connectivity index (χ1n) is 7.52. The van der Waals surface area contributed by atoms with Gasteiger partial charge < -0.3 is 4.74 Å². The maximum Gasteiger partial charge on any atom is 0.335 e. The van der Waals surface area contributed by atoms with Gasteiger partial charge in [-0.3, -0.25) is 9.97 Å². The molecule has 4 heteroatoms. The van der Waals surface area contributed by atoms with E-state index in [1.54, 1.807) is 12.4 Å². The van der Waals surface area contributed by atoms with Gasteiger partial charge >= 0.3 is 5.97 Å². The molecule has 0 atom stereocenters. The summed E-state index contributed by atoms with van der Waals surface area (Å²) < 4.78 is 5.89. The summed E-state index contributed by atoms with van der Waals surface area (Å²) in [6.45, 7) is 4.01. The normalized spacial score (nSPS) is 16.7. The first-order chi connectivity index (χ1) is 10.7. The number of nitrogens with zero attached hydrogens (tertiary/aromatic N) is 2. The van der Waals surface area contributed by atoms with Crippen molar-refractivity contribution in [2.75, 3.05) is 0 Å². The average Bonchev–Trinajstić information content (AvgIpc) is 2.89. The molecule has 0 aromatic carbocycles. The minimum Gasteiger partial charge on any atom is -0.438 e. The molecule has 2 aromatic rings. The van der Waals surface area contributed by atoms with E-state index in [2.05, 4.69) is 9.97 Å². The zero-order valence-electron chi connectivity index (χ0n) is 12.7. The highest BCUT2D eigenvalue weighted by molar-refractivity contribution is 5.93. The van der Waals surface area contributed by atoms with Crippen molar-refractivity contribution in [3.05, 3.63) is 71.3 Å². The SMILES string of the molecule is CCC1=C(CC)C(c2ccccn2)(c2ccccn2)OC1=O. The first kappa shape index (κ1) is 14.4. The number of esters is 1. The van der Waals surface area contributed by atoms with Gasteiger partial charge in [-0.25, -0.2) is 4.79 Å². The molecule has 1 aliphatic heterocycles. The maximum absolute atomic E-state index is 12.4. The Morgan fingerprint density at radius 2 is 1.55 bits per heavy atom. The van der Waals surface area contributed by atoms with Gasteiger partial charge in [0.2, 0.25) is 5.60 Å². The number of rotatable bonds is 4. The number of cyclic esters (lactones) is 1. The van der Waals surface area contributed by atoms with Gasteiger partial charge in [0, 0.05) is 18.0 Å². The Bertz CT molecular complexity index is 669. The van der Waals surface area contributed by atoms with Crippen LogP contribution in [0.1, 0.15) is 38.1 Å². The van der Waals surface area contributed by atoms with E-state index in [-0.39, 0.29) is 5.97 Å². The van der Waals surface area contributed by atoms with Crippen LogP contribution in [0, 0.1) is 0 Å². The molecular formula is C18H18N2O2. The maximum atomic E-state index is 12.4. The van der Waals surface area contributed by atoms with Crippen molar-refractivity contribution < 1.29 is 9.53 Å². The van der Waals surface area contributed by atoms with Gasteiger partial charge in [-0.2, -0.15) is 0 Å². The minimum absolute atomic E-state index is 0.268. The van der Waals surface area contributed by atoms with Crippen molar-refractivity contribution in [2.45, 2.75) is 32.3 Å². The van der Waals surface area contributed by atoms with Crippen molar-refractivity contribution >= 4 is 5.97 Å². The van der Waals surface area contributed by atoms with Crippen LogP contribution in [0.15, 0.2) is 59.9 Å². The molecule has 0 saturated carbocycles. The lowest BCUT2D eigenvalue weighted by Gasteiger charge is -2.29. The van der Waals surface area contributed by atoms with Gasteiger partial charge in [0.25, 0.3) is 0 Å². The van der Waals surface area contributed by atoms with E-state index in [9.17, 15) is 4.79 Å². The molecule has 0 unspecified atom stereocenters. The molecule has 0 amide bonds. The van der Waals surface area contributed by atoms with Crippen molar-refractivity contribution in [1.29, 1.82) is 0 Å². The summed E-state index contributed by atoms with van der Waals surface area (Å²) in [6, 6.07) is 11.3. The molecule has 0 aliphatic carbocycles. The van der Waals surface area contributed by atoms with Gasteiger partial charge in [0.1, 0.15) is 0 Å². The largest absolute Gasteiger partial charge is 0.438 e. The number of ether oxygens (including phenoxy) is 1. The summed E-state index contributed by atoms with van der Waals surface area (Å²) in [5.74, 6) is -0.268. The second-order valence-corrected chi connectivity index (χ2v) is 5.16. The standard InChI is InChI=1S/C18H18N2O2/c1-3-13-14(4-2)18(22-17(13)21,15-9-5-7-11-19-15)16-10-6-8-12-20-16/h5-12H,3-4H2,1-2H3. The predicted molar refractivity (Wildman–Crippen MR) is 83.0 cm³/mol. The average molecular weight is 294 g/mol. The zero-order valence-corrected chi connectivity index (χ0v) is 12.7. The van der Waals surface area contributed by atoms with E-state index in [4.69, 9.17) is 4.74 Å². The number of hydrogen-bond donors (Lipinski definition) is 0. The third-order valence-corrected chi connectivity index (χ3v) is 4.04. The summed E-state index contributed by atoms with van der Waals surface area (Å²) in [4.78, 5) is 21.3. The molecule has 3 rings (SSSR count). The Balaban J connectivity index is 2.31. The molecule has 0 fully saturated rings. The topological polar surface area (TPSA) is 52.1 Å². The second-order valence-electron chi connectivity index (χ2n) is 5.16. The summed E-state index contributed by atoms with van der Waals surface area (Å²) in [5, 5.41) is 0. The predicted octanol–water partition coefficient (Wildman–Crippen LogP) is 3.39. The fourth-order valence-corrected chi connectivity index (χ4v) is 3.10. The smallest absolute Gasteiger partial charge is 0.335 e. The van der Waals surface area contributed by atoms with Crippen LogP contribution in [0.25, 0.3) is 0 Å². The van der Waals surface area contributed by atoms with Crippen LogP contribution in [0.5, 0.6) is 0 Å². The number of aromatic nitrogens is 2. The Kier molecular flexibility index (Phi) is 3.75. The van der Waals surface area contributed by atoms with E-state index >= 15 is 0 Å². The van der Waals surface area contributed by atoms with Gasteiger partial charge in [-0.15, -0.1) is 0 Å². The van der Waals surface area contributed by atoms with Crippen LogP contribution in [-0.4, -0.2) is 15.9 Å². The van der Waals surface area contributed by atoms with Crippen molar-refractivity contribution in [3.8, 4) is 0 Å². The van der Waals surface area contributed by atoms with Gasteiger partial charge in [0.15, 0.2) is 0 Å². The Morgan fingerprint density at radius 3 is 1.95 bits per heavy atom. The molecule has 0 spiro atoms. The Morgan fingerprint density at radius 1 is 0.955 bits per heavy atom. The summed E-state index contributed by atoms with van der Waals surface area (Å²) >= 11 is 0. The quantitative estimate of drug-likeness (QED) is 0.811. The molecule has 0 saturated heterocycles. The van der Waals surface area contributed by atoms with E-state index < -0.39 is 5.60 Å². The van der Waals surface area contributed by atoms with Gasteiger partial charge in [0.05, 0.1) is 11.4 Å². The highest BCUT2D eigenvalue weighted by atomic mass is 16.6. The van der Waals surface area contributed by atoms with Crippen molar-refractivity contribution in [1.82, 2.24) is 9.97 Å². The third-order valence-electron chi connectivity index (χ3n) is 4.04. The number of carbonyl (C=O) groups excluding carboxylic acids is 1. The number of carbonyl (C=O) groups is 1. The third kappa shape index (κ3) is 2.03. The fraction of sp³-hybridized carbons (Fsp3) is 0.278. The second kappa shape index (κ2) is 5.72. The van der Waals surface area contributed by atoms with Gasteiger partial charge in [-0.05, 0) is 42.7 Å². The lowest BCUT2D eigenvalue weighted by molar-refractivity contribution is -0.145. The number of pyridine rings is 2. The molecule has 4 nitrogen and oxygen atoms in total. The molecule has 0 N–H and O–H groups in total. The molecule has 2 aromatic heterocycles. The summed E-state index contributed by atoms with van der Waals surface area (Å²) in [6.07, 6.45) is 4.78. The monoisotopic (exact) mass is 294 g/mol. The van der Waals surface area contributed by atoms with E-state index in [1.165, 1.54) is 0 Å². The minimum atomic E-state index is -1.00. The fourth-order valence-electron chi connectivity index (χ4n) is 3.10. The number of hydrogen-bond acceptors (Lipinski definition) is 4. The van der Waals surface area contributed by atoms with Gasteiger partial charge in [-0.1, -0.05) is 26.0 Å². The molecule has 112 valence electrons. The molecule has 1 aliphatic rings. The summed E-state index contributed by atoms with van der Waals surface area (Å²) in [5.41, 5.74) is 2.08. The van der Waals surface area contributed by atoms with Crippen LogP contribution >= 0.6 is 0 Å². The van der Waals surface area contributed by atoms with E-state index in [0.717, 1.165) is 11.1 Å². The van der Waals surface area contributed by atoms with Crippen LogP contribution in [0.2, 0.25) is 0 Å². The van der Waals surface area contributed by atoms with Crippen molar-refractivity contribution in [3.63, 3.8) is 0 Å². The van der Waals surface area contributed by atoms with Crippen LogP contribution in [0.3, 0.4) is 0 Å². The molecule has 0 radical (unpaired) electrons. The molecule has 3 heterocycles. The van der Waals surface area contributed by atoms with Crippen LogP contribution < -0.4 is 0 Å². The first-order valence-corrected chi connectivity index (χ1v) is 7.52. The van der Waals surface area contributed by atoms with Crippen LogP contribution in [0.4, 0.5) is 0 Å². The molecular weight excluding hydrogens is 276 g/mol. The highest BCUT2D eigenvalue weighted by Crippen LogP contribution is 2.47. The highest BCUT2D eigenvalue weighted by Gasteiger charge is 2.50. The van der Waals surface area contributed by atoms with Crippen LogP contribution in [-0.2, 0) is 15.1 Å². The van der Waals surface area contributed by atoms with E-state index in [1.807, 2.05) is 50.2 Å².